The van der Waals surface area contributed by atoms with Gasteiger partial charge in [0.25, 0.3) is 0 Å². The maximum atomic E-state index is 12.2. The average Bonchev–Trinajstić information content (AvgIpc) is 2.80. The van der Waals surface area contributed by atoms with Crippen molar-refractivity contribution in [3.05, 3.63) is 51.6 Å². The molecule has 11 heteroatoms. The molecule has 1 fully saturated rings. The van der Waals surface area contributed by atoms with Crippen molar-refractivity contribution in [3.63, 3.8) is 0 Å². The van der Waals surface area contributed by atoms with Crippen LogP contribution in [0.5, 0.6) is 0 Å². The van der Waals surface area contributed by atoms with Gasteiger partial charge >= 0.3 is 5.97 Å². The van der Waals surface area contributed by atoms with Gasteiger partial charge in [-0.15, -0.1) is 5.10 Å². The number of aromatic nitrogens is 2. The molecule has 1 saturated heterocycles. The summed E-state index contributed by atoms with van der Waals surface area (Å²) in [6.45, 7) is 3.29. The average molecular weight is 499 g/mol. The number of amides is 1. The predicted molar refractivity (Wildman–Crippen MR) is 123 cm³/mol. The quantitative estimate of drug-likeness (QED) is 0.416. The highest BCUT2D eigenvalue weighted by Crippen LogP contribution is 2.23. The summed E-state index contributed by atoms with van der Waals surface area (Å²) in [5.41, 5.74) is 1.60. The number of nitrogens with one attached hydrogen (secondary N) is 1. The second kappa shape index (κ2) is 12.4. The van der Waals surface area contributed by atoms with Gasteiger partial charge in [0.2, 0.25) is 5.91 Å². The second-order valence-corrected chi connectivity index (χ2v) is 8.99. The molecular formula is C21H24Cl2N4O4S. The Bertz CT molecular complexity index is 933. The van der Waals surface area contributed by atoms with Crippen LogP contribution in [0.3, 0.4) is 0 Å². The molecule has 32 heavy (non-hydrogen) atoms. The monoisotopic (exact) mass is 498 g/mol. The molecule has 8 nitrogen and oxygen atoms in total. The van der Waals surface area contributed by atoms with Crippen molar-refractivity contribution in [1.82, 2.24) is 20.4 Å². The summed E-state index contributed by atoms with van der Waals surface area (Å²) in [5, 5.41) is 12.6. The molecule has 2 heterocycles. The lowest BCUT2D eigenvalue weighted by Gasteiger charge is -2.33. The number of morpholine rings is 1. The molecule has 1 amide bonds. The molecule has 0 radical (unpaired) electrons. The number of thioether (sulfide) groups is 1. The van der Waals surface area contributed by atoms with Crippen molar-refractivity contribution in [2.45, 2.75) is 24.1 Å². The molecule has 0 bridgehead atoms. The highest BCUT2D eigenvalue weighted by molar-refractivity contribution is 7.99. The number of halogens is 2. The molecule has 1 aromatic carbocycles. The molecule has 172 valence electrons. The summed E-state index contributed by atoms with van der Waals surface area (Å²) in [5.74, 6) is -0.273. The SMILES string of the molecule is COC(=O)Cc1ccc(SCC(=O)NCC2CN(Cc3ccc(Cl)c(Cl)c3)CCO2)nn1. The Hall–Kier alpha value is -1.91. The molecule has 3 rings (SSSR count). The number of hydrogen-bond acceptors (Lipinski definition) is 8. The molecule has 1 N–H and O–H groups in total. The van der Waals surface area contributed by atoms with Gasteiger partial charge in [-0.3, -0.25) is 14.5 Å². The third kappa shape index (κ3) is 7.90. The van der Waals surface area contributed by atoms with E-state index in [-0.39, 0.29) is 30.2 Å². The van der Waals surface area contributed by atoms with E-state index in [1.54, 1.807) is 18.2 Å². The minimum atomic E-state index is -0.375. The van der Waals surface area contributed by atoms with Crippen molar-refractivity contribution in [2.75, 3.05) is 39.1 Å². The van der Waals surface area contributed by atoms with E-state index in [1.165, 1.54) is 18.9 Å². The van der Waals surface area contributed by atoms with Crippen molar-refractivity contribution < 1.29 is 19.1 Å². The summed E-state index contributed by atoms with van der Waals surface area (Å²) < 4.78 is 10.4. The molecule has 1 unspecified atom stereocenters. The Morgan fingerprint density at radius 1 is 1.25 bits per heavy atom. The van der Waals surface area contributed by atoms with Gasteiger partial charge in [-0.1, -0.05) is 41.0 Å². The van der Waals surface area contributed by atoms with E-state index in [2.05, 4.69) is 25.2 Å². The van der Waals surface area contributed by atoms with E-state index in [1.807, 2.05) is 12.1 Å². The Labute approximate surface area is 200 Å². The summed E-state index contributed by atoms with van der Waals surface area (Å²) in [4.78, 5) is 25.7. The summed E-state index contributed by atoms with van der Waals surface area (Å²) in [7, 11) is 1.32. The highest BCUT2D eigenvalue weighted by Gasteiger charge is 2.21. The van der Waals surface area contributed by atoms with Gasteiger partial charge in [0, 0.05) is 26.2 Å². The lowest BCUT2D eigenvalue weighted by molar-refractivity contribution is -0.139. The van der Waals surface area contributed by atoms with E-state index in [4.69, 9.17) is 27.9 Å². The van der Waals surface area contributed by atoms with Gasteiger partial charge in [-0.05, 0) is 29.8 Å². The fraction of sp³-hybridized carbons (Fsp3) is 0.429. The summed E-state index contributed by atoms with van der Waals surface area (Å²) >= 11 is 13.4. The number of methoxy groups -OCH3 is 1. The third-order valence-electron chi connectivity index (χ3n) is 4.74. The smallest absolute Gasteiger partial charge is 0.311 e. The maximum absolute atomic E-state index is 12.2. The first-order chi connectivity index (χ1) is 15.4. The van der Waals surface area contributed by atoms with Crippen molar-refractivity contribution >= 4 is 46.8 Å². The van der Waals surface area contributed by atoms with Gasteiger partial charge in [0.05, 0.1) is 47.7 Å². The number of rotatable bonds is 9. The molecule has 1 aliphatic rings. The number of carbonyl (C=O) groups is 2. The Kier molecular flexibility index (Phi) is 9.55. The van der Waals surface area contributed by atoms with Crippen molar-refractivity contribution in [1.29, 1.82) is 0 Å². The van der Waals surface area contributed by atoms with Crippen LogP contribution in [0.25, 0.3) is 0 Å². The van der Waals surface area contributed by atoms with Crippen LogP contribution in [-0.4, -0.2) is 72.2 Å². The summed E-state index contributed by atoms with van der Waals surface area (Å²) in [6, 6.07) is 9.06. The molecule has 0 saturated carbocycles. The zero-order valence-electron chi connectivity index (χ0n) is 17.6. The number of hydrogen-bond donors (Lipinski definition) is 1. The van der Waals surface area contributed by atoms with Crippen LogP contribution in [0.15, 0.2) is 35.4 Å². The van der Waals surface area contributed by atoms with Gasteiger partial charge in [-0.25, -0.2) is 0 Å². The normalized spacial score (nSPS) is 16.5. The van der Waals surface area contributed by atoms with Gasteiger partial charge < -0.3 is 14.8 Å². The fourth-order valence-corrected chi connectivity index (χ4v) is 4.07. The molecular weight excluding hydrogens is 475 g/mol. The van der Waals surface area contributed by atoms with Crippen LogP contribution >= 0.6 is 35.0 Å². The van der Waals surface area contributed by atoms with Crippen molar-refractivity contribution in [2.24, 2.45) is 0 Å². The zero-order valence-corrected chi connectivity index (χ0v) is 19.9. The lowest BCUT2D eigenvalue weighted by atomic mass is 10.2. The van der Waals surface area contributed by atoms with E-state index < -0.39 is 0 Å². The largest absolute Gasteiger partial charge is 0.469 e. The Morgan fingerprint density at radius 3 is 2.81 bits per heavy atom. The number of benzene rings is 1. The van der Waals surface area contributed by atoms with E-state index in [0.29, 0.717) is 40.5 Å². The first-order valence-electron chi connectivity index (χ1n) is 9.99. The standard InChI is InChI=1S/C21H24Cl2N4O4S/c1-30-21(29)9-15-3-5-20(26-25-15)32-13-19(28)24-10-16-12-27(6-7-31-16)11-14-2-4-17(22)18(23)8-14/h2-5,8,16H,6-7,9-13H2,1H3,(H,24,28). The Morgan fingerprint density at radius 2 is 2.09 bits per heavy atom. The maximum Gasteiger partial charge on any atom is 0.311 e. The van der Waals surface area contributed by atoms with Gasteiger partial charge in [0.1, 0.15) is 5.03 Å². The van der Waals surface area contributed by atoms with Crippen LogP contribution in [0.2, 0.25) is 10.0 Å². The lowest BCUT2D eigenvalue weighted by Crippen LogP contribution is -2.47. The van der Waals surface area contributed by atoms with E-state index in [0.717, 1.165) is 18.7 Å². The fourth-order valence-electron chi connectivity index (χ4n) is 3.10. The molecule has 1 aromatic heterocycles. The van der Waals surface area contributed by atoms with Crippen LogP contribution in [0.4, 0.5) is 0 Å². The third-order valence-corrected chi connectivity index (χ3v) is 6.40. The molecule has 0 aliphatic carbocycles. The van der Waals surface area contributed by atoms with Gasteiger partial charge in [0.15, 0.2) is 0 Å². The van der Waals surface area contributed by atoms with E-state index >= 15 is 0 Å². The Balaban J connectivity index is 1.38. The first kappa shape index (κ1) is 24.7. The van der Waals surface area contributed by atoms with Crippen LogP contribution in [0, 0.1) is 0 Å². The first-order valence-corrected chi connectivity index (χ1v) is 11.7. The number of ether oxygens (including phenoxy) is 2. The predicted octanol–water partition coefficient (Wildman–Crippen LogP) is 2.61. The zero-order chi connectivity index (χ0) is 22.9. The summed E-state index contributed by atoms with van der Waals surface area (Å²) in [6.07, 6.45) is -0.0175. The van der Waals surface area contributed by atoms with Crippen LogP contribution < -0.4 is 5.32 Å². The minimum Gasteiger partial charge on any atom is -0.469 e. The molecule has 1 atom stereocenters. The number of carbonyl (C=O) groups excluding carboxylic acids is 2. The minimum absolute atomic E-state index is 0.0679. The highest BCUT2D eigenvalue weighted by atomic mass is 35.5. The molecule has 0 spiro atoms. The van der Waals surface area contributed by atoms with E-state index in [9.17, 15) is 9.59 Å². The van der Waals surface area contributed by atoms with Crippen LogP contribution in [0.1, 0.15) is 11.3 Å². The van der Waals surface area contributed by atoms with Crippen molar-refractivity contribution in [3.8, 4) is 0 Å². The molecule has 2 aromatic rings. The topological polar surface area (TPSA) is 93.7 Å². The van der Waals surface area contributed by atoms with Gasteiger partial charge in [-0.2, -0.15) is 5.10 Å². The molecule has 1 aliphatic heterocycles. The second-order valence-electron chi connectivity index (χ2n) is 7.18. The number of nitrogens with zero attached hydrogens (tertiary/aromatic N) is 3. The number of esters is 1. The van der Waals surface area contributed by atoms with Crippen LogP contribution in [-0.2, 0) is 32.0 Å².